The second-order valence-electron chi connectivity index (χ2n) is 8.09. The van der Waals surface area contributed by atoms with Crippen LogP contribution in [-0.2, 0) is 13.1 Å². The van der Waals surface area contributed by atoms with E-state index in [-0.39, 0.29) is 6.10 Å². The van der Waals surface area contributed by atoms with Crippen LogP contribution in [0.3, 0.4) is 0 Å². The van der Waals surface area contributed by atoms with Crippen LogP contribution in [0, 0.1) is 0 Å². The van der Waals surface area contributed by atoms with Crippen molar-refractivity contribution in [2.45, 2.75) is 58.7 Å². The maximum absolute atomic E-state index is 6.16. The minimum atomic E-state index is 0.0726. The fourth-order valence-electron chi connectivity index (χ4n) is 4.04. The lowest BCUT2D eigenvalue weighted by atomic mass is 10.1. The van der Waals surface area contributed by atoms with E-state index in [1.54, 1.807) is 0 Å². The number of hydrogen-bond donors (Lipinski definition) is 1. The minimum absolute atomic E-state index is 0.0726. The summed E-state index contributed by atoms with van der Waals surface area (Å²) in [6, 6.07) is 11.2. The van der Waals surface area contributed by atoms with E-state index in [2.05, 4.69) is 50.6 Å². The molecule has 0 saturated carbocycles. The molecule has 6 nitrogen and oxygen atoms in total. The van der Waals surface area contributed by atoms with Gasteiger partial charge >= 0.3 is 6.01 Å². The number of anilines is 1. The molecule has 1 saturated heterocycles. The molecule has 3 heterocycles. The molecule has 0 radical (unpaired) electrons. The first-order chi connectivity index (χ1) is 14.1. The van der Waals surface area contributed by atoms with Crippen molar-refractivity contribution < 1.29 is 4.74 Å². The van der Waals surface area contributed by atoms with Gasteiger partial charge in [-0.3, -0.25) is 4.90 Å². The molecular weight excluding hydrogens is 362 g/mol. The molecule has 1 aliphatic rings. The van der Waals surface area contributed by atoms with Gasteiger partial charge in [-0.2, -0.15) is 9.97 Å². The number of ether oxygens (including phenoxy) is 1. The summed E-state index contributed by atoms with van der Waals surface area (Å²) < 4.78 is 7.99. The highest BCUT2D eigenvalue weighted by Gasteiger charge is 2.14. The minimum Gasteiger partial charge on any atom is -0.460 e. The van der Waals surface area contributed by atoms with E-state index in [1.165, 1.54) is 37.1 Å². The number of rotatable bonds is 8. The average Bonchev–Trinajstić information content (AvgIpc) is 3.34. The monoisotopic (exact) mass is 393 g/mol. The summed E-state index contributed by atoms with van der Waals surface area (Å²) in [5.41, 5.74) is 9.60. The Hall–Kier alpha value is -2.60. The van der Waals surface area contributed by atoms with Crippen LogP contribution in [0.1, 0.15) is 50.7 Å². The smallest absolute Gasteiger partial charge is 0.320 e. The third kappa shape index (κ3) is 4.70. The van der Waals surface area contributed by atoms with Crippen LogP contribution in [0.15, 0.2) is 36.5 Å². The molecule has 0 amide bonds. The molecule has 154 valence electrons. The average molecular weight is 394 g/mol. The molecular formula is C23H31N5O. The Kier molecular flexibility index (Phi) is 6.00. The van der Waals surface area contributed by atoms with E-state index in [4.69, 9.17) is 10.5 Å². The van der Waals surface area contributed by atoms with Crippen LogP contribution in [0.5, 0.6) is 6.01 Å². The lowest BCUT2D eigenvalue weighted by Gasteiger charge is -2.15. The van der Waals surface area contributed by atoms with E-state index in [0.29, 0.717) is 11.8 Å². The Morgan fingerprint density at radius 1 is 1.03 bits per heavy atom. The summed E-state index contributed by atoms with van der Waals surface area (Å²) in [4.78, 5) is 11.5. The molecule has 2 aromatic heterocycles. The predicted molar refractivity (Wildman–Crippen MR) is 117 cm³/mol. The van der Waals surface area contributed by atoms with E-state index in [0.717, 1.165) is 37.0 Å². The van der Waals surface area contributed by atoms with Crippen LogP contribution in [0.2, 0.25) is 0 Å². The highest BCUT2D eigenvalue weighted by molar-refractivity contribution is 5.86. The van der Waals surface area contributed by atoms with Crippen molar-refractivity contribution in [2.75, 3.05) is 18.8 Å². The molecule has 4 rings (SSSR count). The molecule has 3 aromatic rings. The van der Waals surface area contributed by atoms with Gasteiger partial charge in [-0.1, -0.05) is 37.6 Å². The van der Waals surface area contributed by atoms with Gasteiger partial charge in [0.1, 0.15) is 11.5 Å². The van der Waals surface area contributed by atoms with Crippen molar-refractivity contribution in [2.24, 2.45) is 0 Å². The quantitative estimate of drug-likeness (QED) is 0.620. The second kappa shape index (κ2) is 8.82. The lowest BCUT2D eigenvalue weighted by molar-refractivity contribution is 0.193. The van der Waals surface area contributed by atoms with Gasteiger partial charge < -0.3 is 15.0 Å². The first-order valence-corrected chi connectivity index (χ1v) is 10.7. The van der Waals surface area contributed by atoms with Crippen molar-refractivity contribution in [3.63, 3.8) is 0 Å². The first kappa shape index (κ1) is 19.7. The normalized spacial score (nSPS) is 15.8. The molecule has 0 spiro atoms. The Labute approximate surface area is 172 Å². The van der Waals surface area contributed by atoms with Gasteiger partial charge in [-0.05, 0) is 56.5 Å². The molecule has 1 fully saturated rings. The first-order valence-electron chi connectivity index (χ1n) is 10.7. The van der Waals surface area contributed by atoms with Gasteiger partial charge in [0.2, 0.25) is 0 Å². The van der Waals surface area contributed by atoms with Gasteiger partial charge in [0.25, 0.3) is 0 Å². The van der Waals surface area contributed by atoms with Crippen LogP contribution in [0.4, 0.5) is 5.82 Å². The topological polar surface area (TPSA) is 69.2 Å². The van der Waals surface area contributed by atoms with Crippen molar-refractivity contribution >= 4 is 16.9 Å². The zero-order chi connectivity index (χ0) is 20.2. The van der Waals surface area contributed by atoms with Crippen LogP contribution in [-0.4, -0.2) is 38.6 Å². The van der Waals surface area contributed by atoms with Crippen molar-refractivity contribution in [3.05, 3.63) is 47.7 Å². The molecule has 1 aromatic carbocycles. The van der Waals surface area contributed by atoms with Crippen LogP contribution >= 0.6 is 0 Å². The number of aromatic nitrogens is 3. The van der Waals surface area contributed by atoms with Crippen molar-refractivity contribution in [1.29, 1.82) is 0 Å². The number of likely N-dealkylation sites (tertiary alicyclic amines) is 1. The number of fused-ring (bicyclic) bond motifs is 1. The Morgan fingerprint density at radius 3 is 2.41 bits per heavy atom. The van der Waals surface area contributed by atoms with Gasteiger partial charge in [0.05, 0.1) is 11.5 Å². The lowest BCUT2D eigenvalue weighted by Crippen LogP contribution is -2.18. The third-order valence-corrected chi connectivity index (χ3v) is 5.61. The van der Waals surface area contributed by atoms with Gasteiger partial charge in [0, 0.05) is 19.3 Å². The SMILES string of the molecule is CCCC(C)Oc1nc(N)c2ccn(Cc3ccc(CN4CCCC4)cc3)c2n1. The highest BCUT2D eigenvalue weighted by atomic mass is 16.5. The summed E-state index contributed by atoms with van der Waals surface area (Å²) in [6.45, 7) is 8.41. The van der Waals surface area contributed by atoms with Crippen LogP contribution in [0.25, 0.3) is 11.0 Å². The molecule has 6 heteroatoms. The molecule has 1 unspecified atom stereocenters. The van der Waals surface area contributed by atoms with Gasteiger partial charge in [-0.15, -0.1) is 0 Å². The Balaban J connectivity index is 1.50. The molecule has 0 aliphatic carbocycles. The molecule has 29 heavy (non-hydrogen) atoms. The van der Waals surface area contributed by atoms with E-state index in [9.17, 15) is 0 Å². The van der Waals surface area contributed by atoms with E-state index >= 15 is 0 Å². The Morgan fingerprint density at radius 2 is 1.72 bits per heavy atom. The van der Waals surface area contributed by atoms with E-state index in [1.807, 2.05) is 19.2 Å². The molecule has 0 bridgehead atoms. The highest BCUT2D eigenvalue weighted by Crippen LogP contribution is 2.24. The van der Waals surface area contributed by atoms with Crippen molar-refractivity contribution in [3.8, 4) is 6.01 Å². The van der Waals surface area contributed by atoms with Gasteiger partial charge in [-0.25, -0.2) is 0 Å². The standard InChI is InChI=1S/C23H31N5O/c1-3-6-17(2)29-23-25-21(24)20-11-14-28(22(20)26-23)16-19-9-7-18(8-10-19)15-27-12-4-5-13-27/h7-11,14,17H,3-6,12-13,15-16H2,1-2H3,(H2,24,25,26). The summed E-state index contributed by atoms with van der Waals surface area (Å²) in [5.74, 6) is 0.466. The largest absolute Gasteiger partial charge is 0.460 e. The number of nitrogens with two attached hydrogens (primary N) is 1. The maximum atomic E-state index is 6.16. The van der Waals surface area contributed by atoms with Crippen molar-refractivity contribution in [1.82, 2.24) is 19.4 Å². The zero-order valence-corrected chi connectivity index (χ0v) is 17.5. The predicted octanol–water partition coefficient (Wildman–Crippen LogP) is 4.23. The summed E-state index contributed by atoms with van der Waals surface area (Å²) in [6.07, 6.45) is 6.77. The van der Waals surface area contributed by atoms with Crippen LogP contribution < -0.4 is 10.5 Å². The zero-order valence-electron chi connectivity index (χ0n) is 17.5. The Bertz CT molecular complexity index is 944. The molecule has 2 N–H and O–H groups in total. The summed E-state index contributed by atoms with van der Waals surface area (Å²) in [5, 5.41) is 0.867. The maximum Gasteiger partial charge on any atom is 0.320 e. The summed E-state index contributed by atoms with van der Waals surface area (Å²) >= 11 is 0. The molecule has 1 atom stereocenters. The fraction of sp³-hybridized carbons (Fsp3) is 0.478. The van der Waals surface area contributed by atoms with E-state index < -0.39 is 0 Å². The van der Waals surface area contributed by atoms with Gasteiger partial charge in [0.15, 0.2) is 0 Å². The third-order valence-electron chi connectivity index (χ3n) is 5.61. The fourth-order valence-corrected chi connectivity index (χ4v) is 4.04. The second-order valence-corrected chi connectivity index (χ2v) is 8.09. The number of hydrogen-bond acceptors (Lipinski definition) is 5. The molecule has 1 aliphatic heterocycles. The number of nitrogen functional groups attached to an aromatic ring is 1. The number of benzene rings is 1. The number of nitrogens with zero attached hydrogens (tertiary/aromatic N) is 4. The summed E-state index contributed by atoms with van der Waals surface area (Å²) in [7, 11) is 0.